The summed E-state index contributed by atoms with van der Waals surface area (Å²) in [5.41, 5.74) is 13.3. The molecule has 0 atom stereocenters. The van der Waals surface area contributed by atoms with Gasteiger partial charge in [0.05, 0.1) is 50.6 Å². The van der Waals surface area contributed by atoms with Crippen LogP contribution in [-0.4, -0.2) is 24.3 Å². The van der Waals surface area contributed by atoms with E-state index in [4.69, 9.17) is 19.9 Å². The summed E-state index contributed by atoms with van der Waals surface area (Å²) in [6.45, 7) is 2.13. The lowest BCUT2D eigenvalue weighted by Crippen LogP contribution is -1.99. The van der Waals surface area contributed by atoms with Gasteiger partial charge in [-0.3, -0.25) is 0 Å². The first-order valence-corrected chi connectivity index (χ1v) is 19.3. The summed E-state index contributed by atoms with van der Waals surface area (Å²) in [4.78, 5) is 21.2. The third kappa shape index (κ3) is 5.49. The first-order chi connectivity index (χ1) is 28.6. The molecule has 0 radical (unpaired) electrons. The van der Waals surface area contributed by atoms with Gasteiger partial charge in [-0.1, -0.05) is 139 Å². The number of hydrogen-bond donors (Lipinski definition) is 0. The van der Waals surface area contributed by atoms with E-state index in [1.54, 1.807) is 0 Å². The minimum absolute atomic E-state index is 0.476. The fourth-order valence-electron chi connectivity index (χ4n) is 8.35. The average Bonchev–Trinajstić information content (AvgIpc) is 3.62. The van der Waals surface area contributed by atoms with E-state index in [0.29, 0.717) is 22.7 Å². The zero-order valence-electron chi connectivity index (χ0n) is 31.4. The minimum Gasteiger partial charge on any atom is -0.308 e. The number of aryl methyl sites for hydroxylation is 1. The van der Waals surface area contributed by atoms with Gasteiger partial charge in [-0.25, -0.2) is 19.9 Å². The molecule has 0 unspecified atom stereocenters. The van der Waals surface area contributed by atoms with Crippen LogP contribution < -0.4 is 0 Å². The van der Waals surface area contributed by atoms with Crippen molar-refractivity contribution >= 4 is 49.1 Å². The first kappa shape index (κ1) is 33.3. The van der Waals surface area contributed by atoms with Gasteiger partial charge in [-0.2, -0.15) is 5.26 Å². The smallest absolute Gasteiger partial charge is 0.162 e. The number of hydrogen-bond acceptors (Lipinski definition) is 5. The molecule has 58 heavy (non-hydrogen) atoms. The zero-order chi connectivity index (χ0) is 38.7. The lowest BCUT2D eigenvalue weighted by Gasteiger charge is -2.13. The molecule has 4 aromatic heterocycles. The number of benzene rings is 7. The second-order valence-corrected chi connectivity index (χ2v) is 14.7. The quantitative estimate of drug-likeness (QED) is 0.175. The molecule has 11 aromatic rings. The molecule has 0 spiro atoms. The maximum absolute atomic E-state index is 10.7. The maximum Gasteiger partial charge on any atom is 0.162 e. The van der Waals surface area contributed by atoms with Gasteiger partial charge in [-0.15, -0.1) is 0 Å². The summed E-state index contributed by atoms with van der Waals surface area (Å²) < 4.78 is 2.32. The van der Waals surface area contributed by atoms with Crippen LogP contribution in [0.15, 0.2) is 176 Å². The highest BCUT2D eigenvalue weighted by Crippen LogP contribution is 2.42. The summed E-state index contributed by atoms with van der Waals surface area (Å²) >= 11 is 0. The van der Waals surface area contributed by atoms with E-state index in [1.165, 1.54) is 5.56 Å². The Morgan fingerprint density at radius 3 is 1.72 bits per heavy atom. The molecule has 270 valence electrons. The molecule has 7 aromatic carbocycles. The highest BCUT2D eigenvalue weighted by atomic mass is 14.9. The van der Waals surface area contributed by atoms with E-state index < -0.39 is 0 Å². The molecular weight excluding hydrogens is 709 g/mol. The highest BCUT2D eigenvalue weighted by Gasteiger charge is 2.22. The van der Waals surface area contributed by atoms with E-state index in [0.717, 1.165) is 88.4 Å². The van der Waals surface area contributed by atoms with Crippen molar-refractivity contribution in [3.05, 3.63) is 187 Å². The fraction of sp³-hybridized carbons (Fsp3) is 0.0192. The Kier molecular flexibility index (Phi) is 7.66. The summed E-state index contributed by atoms with van der Waals surface area (Å²) in [7, 11) is 0. The SMILES string of the molecule is Cc1cccc(-c2cc3c4ccccc4n4c3cc2c2cc(nc(-c3ccccc3)n2)c2cc(C#N)cc(-c3nc(-c5ccccc5)cc(-c5ccccc5)n3)c24)c1. The van der Waals surface area contributed by atoms with Crippen molar-refractivity contribution in [3.63, 3.8) is 0 Å². The van der Waals surface area contributed by atoms with Crippen molar-refractivity contribution in [1.82, 2.24) is 24.3 Å². The minimum atomic E-state index is 0.476. The molecule has 4 bridgehead atoms. The maximum atomic E-state index is 10.7. The molecule has 0 aliphatic carbocycles. The molecule has 11 rings (SSSR count). The molecule has 0 amide bonds. The standard InChI is InChI=1S/C52H32N6/c1-32-14-13-21-37(24-32)39-27-41-38-22-11-12-23-48(38)58-49(41)28-40(39)46-30-47(57-51(56-46)36-19-9-4-10-20-36)42-25-33(31-53)26-43(50(42)58)52-54-44(34-15-5-2-6-16-34)29-45(55-52)35-17-7-3-8-18-35/h2-30H,1H3. The molecule has 6 nitrogen and oxygen atoms in total. The summed E-state index contributed by atoms with van der Waals surface area (Å²) in [6, 6.07) is 62.7. The predicted molar refractivity (Wildman–Crippen MR) is 235 cm³/mol. The molecule has 0 saturated heterocycles. The van der Waals surface area contributed by atoms with Crippen molar-refractivity contribution in [1.29, 1.82) is 5.26 Å². The van der Waals surface area contributed by atoms with Crippen molar-refractivity contribution in [2.24, 2.45) is 0 Å². The van der Waals surface area contributed by atoms with Gasteiger partial charge in [0.1, 0.15) is 0 Å². The number of fused-ring (bicyclic) bond motifs is 10. The second-order valence-electron chi connectivity index (χ2n) is 14.7. The van der Waals surface area contributed by atoms with Gasteiger partial charge in [0.2, 0.25) is 0 Å². The lowest BCUT2D eigenvalue weighted by atomic mass is 9.97. The average molecular weight is 741 g/mol. The monoisotopic (exact) mass is 740 g/mol. The number of para-hydroxylation sites is 1. The first-order valence-electron chi connectivity index (χ1n) is 19.3. The van der Waals surface area contributed by atoms with E-state index in [-0.39, 0.29) is 0 Å². The van der Waals surface area contributed by atoms with Crippen LogP contribution in [0, 0.1) is 18.3 Å². The molecular formula is C52H32N6. The van der Waals surface area contributed by atoms with Gasteiger partial charge >= 0.3 is 0 Å². The van der Waals surface area contributed by atoms with Crippen LogP contribution in [0.5, 0.6) is 0 Å². The largest absolute Gasteiger partial charge is 0.308 e. The van der Waals surface area contributed by atoms with Gasteiger partial charge < -0.3 is 4.40 Å². The Balaban J connectivity index is 1.38. The lowest BCUT2D eigenvalue weighted by molar-refractivity contribution is 1.18. The van der Waals surface area contributed by atoms with E-state index in [1.807, 2.05) is 84.9 Å². The molecule has 0 aliphatic heterocycles. The fourth-order valence-corrected chi connectivity index (χ4v) is 8.35. The second kappa shape index (κ2) is 13.3. The van der Waals surface area contributed by atoms with E-state index >= 15 is 0 Å². The van der Waals surface area contributed by atoms with Crippen LogP contribution in [0.4, 0.5) is 0 Å². The molecule has 0 aliphatic rings. The van der Waals surface area contributed by atoms with Crippen LogP contribution in [0.3, 0.4) is 0 Å². The van der Waals surface area contributed by atoms with Gasteiger partial charge in [-0.05, 0) is 60.5 Å². The summed E-state index contributed by atoms with van der Waals surface area (Å²) in [6.07, 6.45) is 0. The van der Waals surface area contributed by atoms with Crippen LogP contribution >= 0.6 is 0 Å². The molecule has 0 fully saturated rings. The number of nitriles is 1. The normalized spacial score (nSPS) is 11.5. The number of aromatic nitrogens is 5. The predicted octanol–water partition coefficient (Wildman–Crippen LogP) is 12.6. The Morgan fingerprint density at radius 1 is 0.431 bits per heavy atom. The van der Waals surface area contributed by atoms with Crippen LogP contribution in [0.25, 0.3) is 106 Å². The van der Waals surface area contributed by atoms with Gasteiger partial charge in [0.25, 0.3) is 0 Å². The Bertz CT molecular complexity index is 3400. The zero-order valence-corrected chi connectivity index (χ0v) is 31.4. The van der Waals surface area contributed by atoms with Crippen molar-refractivity contribution < 1.29 is 0 Å². The Hall–Kier alpha value is -8.01. The topological polar surface area (TPSA) is 79.8 Å². The molecule has 6 heteroatoms. The molecule has 0 N–H and O–H groups in total. The number of nitrogens with zero attached hydrogens (tertiary/aromatic N) is 6. The Morgan fingerprint density at radius 2 is 1.05 bits per heavy atom. The molecule has 4 heterocycles. The van der Waals surface area contributed by atoms with Crippen LogP contribution in [0.2, 0.25) is 0 Å². The third-order valence-corrected chi connectivity index (χ3v) is 11.0. The van der Waals surface area contributed by atoms with Gasteiger partial charge in [0.15, 0.2) is 11.6 Å². The van der Waals surface area contributed by atoms with E-state index in [9.17, 15) is 5.26 Å². The highest BCUT2D eigenvalue weighted by molar-refractivity contribution is 6.17. The van der Waals surface area contributed by atoms with Crippen molar-refractivity contribution in [2.45, 2.75) is 6.92 Å². The van der Waals surface area contributed by atoms with E-state index in [2.05, 4.69) is 108 Å². The summed E-state index contributed by atoms with van der Waals surface area (Å²) in [5, 5.41) is 14.7. The number of rotatable bonds is 5. The van der Waals surface area contributed by atoms with Crippen molar-refractivity contribution in [3.8, 4) is 62.5 Å². The third-order valence-electron chi connectivity index (χ3n) is 11.0. The van der Waals surface area contributed by atoms with Crippen LogP contribution in [0.1, 0.15) is 11.1 Å². The van der Waals surface area contributed by atoms with Crippen molar-refractivity contribution in [2.75, 3.05) is 0 Å². The van der Waals surface area contributed by atoms with Crippen LogP contribution in [-0.2, 0) is 0 Å². The summed E-state index contributed by atoms with van der Waals surface area (Å²) in [5.74, 6) is 1.11. The molecule has 0 saturated carbocycles. The Labute approximate surface area is 334 Å². The van der Waals surface area contributed by atoms with Gasteiger partial charge in [0, 0.05) is 43.8 Å².